The molecule has 1 N–H and O–H groups in total. The molecule has 1 saturated carbocycles. The molecule has 0 spiro atoms. The number of nitrogens with zero attached hydrogens (tertiary/aromatic N) is 4. The molecule has 3 heterocycles. The third-order valence-corrected chi connectivity index (χ3v) is 5.01. The monoisotopic (exact) mass is 343 g/mol. The largest absolute Gasteiger partial charge is 0.435 e. The number of hydrogen-bond donors (Lipinski definition) is 1. The van der Waals surface area contributed by atoms with Gasteiger partial charge < -0.3 is 14.6 Å². The highest BCUT2D eigenvalue weighted by Crippen LogP contribution is 2.40. The first kappa shape index (κ1) is 15.9. The van der Waals surface area contributed by atoms with Gasteiger partial charge in [-0.05, 0) is 25.8 Å². The van der Waals surface area contributed by atoms with Crippen molar-refractivity contribution in [3.63, 3.8) is 0 Å². The van der Waals surface area contributed by atoms with Crippen molar-refractivity contribution in [3.8, 4) is 0 Å². The van der Waals surface area contributed by atoms with E-state index in [1.54, 1.807) is 29.7 Å². The van der Waals surface area contributed by atoms with Gasteiger partial charge in [-0.3, -0.25) is 14.3 Å². The van der Waals surface area contributed by atoms with Crippen LogP contribution in [0.15, 0.2) is 16.7 Å². The predicted molar refractivity (Wildman–Crippen MR) is 87.8 cm³/mol. The molecule has 2 aromatic heterocycles. The fourth-order valence-corrected chi connectivity index (χ4v) is 3.44. The Hall–Kier alpha value is -2.64. The van der Waals surface area contributed by atoms with Crippen molar-refractivity contribution in [3.05, 3.63) is 35.3 Å². The predicted octanol–water partition coefficient (Wildman–Crippen LogP) is 1.30. The molecular formula is C17H21N5O3. The highest BCUT2D eigenvalue weighted by molar-refractivity contribution is 5.93. The van der Waals surface area contributed by atoms with Gasteiger partial charge in [-0.15, -0.1) is 0 Å². The first-order valence-corrected chi connectivity index (χ1v) is 8.47. The number of oxazole rings is 1. The van der Waals surface area contributed by atoms with E-state index < -0.39 is 0 Å². The van der Waals surface area contributed by atoms with Crippen LogP contribution in [0, 0.1) is 6.92 Å². The quantitative estimate of drug-likeness (QED) is 0.903. The van der Waals surface area contributed by atoms with E-state index >= 15 is 0 Å². The van der Waals surface area contributed by atoms with Crippen LogP contribution in [0.3, 0.4) is 0 Å². The summed E-state index contributed by atoms with van der Waals surface area (Å²) in [5, 5.41) is 7.13. The minimum Gasteiger partial charge on any atom is -0.435 e. The summed E-state index contributed by atoms with van der Waals surface area (Å²) in [4.78, 5) is 30.9. The summed E-state index contributed by atoms with van der Waals surface area (Å²) in [6, 6.07) is 1.27. The number of carbonyl (C=O) groups is 2. The van der Waals surface area contributed by atoms with Gasteiger partial charge in [0.05, 0.1) is 23.5 Å². The lowest BCUT2D eigenvalue weighted by Crippen LogP contribution is -2.39. The molecule has 2 atom stereocenters. The minimum atomic E-state index is -0.339. The molecule has 0 bridgehead atoms. The fraction of sp³-hybridized carbons (Fsp3) is 0.529. The number of rotatable bonds is 4. The molecule has 0 aromatic carbocycles. The van der Waals surface area contributed by atoms with E-state index in [4.69, 9.17) is 4.42 Å². The van der Waals surface area contributed by atoms with Crippen LogP contribution in [0.2, 0.25) is 0 Å². The van der Waals surface area contributed by atoms with Gasteiger partial charge in [0.1, 0.15) is 0 Å². The Kier molecular flexibility index (Phi) is 3.63. The molecule has 0 radical (unpaired) electrons. The zero-order valence-electron chi connectivity index (χ0n) is 14.5. The third kappa shape index (κ3) is 2.71. The van der Waals surface area contributed by atoms with E-state index in [1.165, 1.54) is 0 Å². The highest BCUT2D eigenvalue weighted by atomic mass is 16.4. The number of hydrogen-bond acceptors (Lipinski definition) is 5. The van der Waals surface area contributed by atoms with Crippen molar-refractivity contribution in [2.24, 2.45) is 7.05 Å². The Labute approximate surface area is 145 Å². The van der Waals surface area contributed by atoms with Crippen LogP contribution in [0.25, 0.3) is 0 Å². The molecular weight excluding hydrogens is 322 g/mol. The Balaban J connectivity index is 1.57. The standard InChI is InChI=1S/C17H21N5O3/c1-9-15(25-17(19-9)10-4-5-10)16(24)20-11-8-13(23)21(2)14(11)12-6-7-18-22(12)3/h6-7,10-11,14H,4-5,8H2,1-3H3,(H,20,24)/t11-,14-/m1/s1. The van der Waals surface area contributed by atoms with Gasteiger partial charge in [0, 0.05) is 32.6 Å². The van der Waals surface area contributed by atoms with Gasteiger partial charge in [-0.1, -0.05) is 0 Å². The topological polar surface area (TPSA) is 93.3 Å². The minimum absolute atomic E-state index is 0.00976. The maximum Gasteiger partial charge on any atom is 0.289 e. The number of aromatic nitrogens is 3. The van der Waals surface area contributed by atoms with Gasteiger partial charge in [0.2, 0.25) is 11.7 Å². The first-order chi connectivity index (χ1) is 12.0. The molecule has 2 aromatic rings. The van der Waals surface area contributed by atoms with Crippen molar-refractivity contribution < 1.29 is 14.0 Å². The van der Waals surface area contributed by atoms with E-state index in [2.05, 4.69) is 15.4 Å². The van der Waals surface area contributed by atoms with Gasteiger partial charge >= 0.3 is 0 Å². The number of likely N-dealkylation sites (N-methyl/N-ethyl adjacent to an activating group) is 1. The Morgan fingerprint density at radius 3 is 2.76 bits per heavy atom. The Morgan fingerprint density at radius 2 is 2.12 bits per heavy atom. The van der Waals surface area contributed by atoms with Crippen LogP contribution in [0.4, 0.5) is 0 Å². The average molecular weight is 343 g/mol. The molecule has 2 fully saturated rings. The number of aryl methyl sites for hydroxylation is 2. The van der Waals surface area contributed by atoms with Gasteiger partial charge in [-0.2, -0.15) is 5.10 Å². The molecule has 2 aliphatic rings. The number of amides is 2. The van der Waals surface area contributed by atoms with Crippen LogP contribution in [0.5, 0.6) is 0 Å². The second kappa shape index (κ2) is 5.72. The lowest BCUT2D eigenvalue weighted by molar-refractivity contribution is -0.127. The van der Waals surface area contributed by atoms with Crippen LogP contribution in [0.1, 0.15) is 59.1 Å². The van der Waals surface area contributed by atoms with Crippen molar-refractivity contribution in [2.75, 3.05) is 7.05 Å². The van der Waals surface area contributed by atoms with Crippen molar-refractivity contribution in [2.45, 2.75) is 44.2 Å². The van der Waals surface area contributed by atoms with E-state index in [9.17, 15) is 9.59 Å². The van der Waals surface area contributed by atoms with Crippen molar-refractivity contribution >= 4 is 11.8 Å². The number of likely N-dealkylation sites (tertiary alicyclic amines) is 1. The third-order valence-electron chi connectivity index (χ3n) is 5.01. The second-order valence-electron chi connectivity index (χ2n) is 6.85. The second-order valence-corrected chi connectivity index (χ2v) is 6.85. The summed E-state index contributed by atoms with van der Waals surface area (Å²) in [7, 11) is 3.57. The maximum absolute atomic E-state index is 12.7. The molecule has 1 aliphatic carbocycles. The Bertz CT molecular complexity index is 835. The zero-order valence-corrected chi connectivity index (χ0v) is 14.5. The first-order valence-electron chi connectivity index (χ1n) is 8.47. The van der Waals surface area contributed by atoms with E-state index in [0.717, 1.165) is 18.5 Å². The smallest absolute Gasteiger partial charge is 0.289 e. The SMILES string of the molecule is Cc1nc(C2CC2)oc1C(=O)N[C@@H]1CC(=O)N(C)[C@H]1c1ccnn1C. The molecule has 132 valence electrons. The summed E-state index contributed by atoms with van der Waals surface area (Å²) in [6.07, 6.45) is 4.06. The highest BCUT2D eigenvalue weighted by Gasteiger charge is 2.41. The molecule has 25 heavy (non-hydrogen) atoms. The molecule has 1 saturated heterocycles. The van der Waals surface area contributed by atoms with Gasteiger partial charge in [0.25, 0.3) is 5.91 Å². The van der Waals surface area contributed by atoms with Crippen molar-refractivity contribution in [1.82, 2.24) is 25.0 Å². The lowest BCUT2D eigenvalue weighted by atomic mass is 10.1. The molecule has 1 aliphatic heterocycles. The summed E-state index contributed by atoms with van der Waals surface area (Å²) in [5.74, 6) is 0.904. The molecule has 4 rings (SSSR count). The van der Waals surface area contributed by atoms with E-state index in [1.807, 2.05) is 13.1 Å². The molecule has 0 unspecified atom stereocenters. The lowest BCUT2D eigenvalue weighted by Gasteiger charge is -2.25. The number of nitrogens with one attached hydrogen (secondary N) is 1. The summed E-state index contributed by atoms with van der Waals surface area (Å²) >= 11 is 0. The van der Waals surface area contributed by atoms with E-state index in [-0.39, 0.29) is 36.1 Å². The van der Waals surface area contributed by atoms with Crippen LogP contribution < -0.4 is 5.32 Å². The van der Waals surface area contributed by atoms with Crippen LogP contribution in [-0.2, 0) is 11.8 Å². The normalized spacial score (nSPS) is 23.3. The number of carbonyl (C=O) groups excluding carboxylic acids is 2. The summed E-state index contributed by atoms with van der Waals surface area (Å²) < 4.78 is 7.40. The average Bonchev–Trinajstić information content (AvgIpc) is 3.14. The van der Waals surface area contributed by atoms with Gasteiger partial charge in [0.15, 0.2) is 5.89 Å². The zero-order chi connectivity index (χ0) is 17.7. The fourth-order valence-electron chi connectivity index (χ4n) is 3.44. The van der Waals surface area contributed by atoms with E-state index in [0.29, 0.717) is 17.5 Å². The van der Waals surface area contributed by atoms with Crippen LogP contribution in [-0.4, -0.2) is 44.6 Å². The van der Waals surface area contributed by atoms with Crippen molar-refractivity contribution in [1.29, 1.82) is 0 Å². The maximum atomic E-state index is 12.7. The van der Waals surface area contributed by atoms with Crippen LogP contribution >= 0.6 is 0 Å². The molecule has 2 amide bonds. The summed E-state index contributed by atoms with van der Waals surface area (Å²) in [5.41, 5.74) is 1.47. The Morgan fingerprint density at radius 1 is 1.36 bits per heavy atom. The summed E-state index contributed by atoms with van der Waals surface area (Å²) in [6.45, 7) is 1.77. The molecule has 8 nitrogen and oxygen atoms in total. The molecule has 8 heteroatoms. The van der Waals surface area contributed by atoms with Gasteiger partial charge in [-0.25, -0.2) is 4.98 Å².